The number of hydrogen-bond donors (Lipinski definition) is 1. The third-order valence-electron chi connectivity index (χ3n) is 3.01. The van der Waals surface area contributed by atoms with Gasteiger partial charge in [0.1, 0.15) is 23.7 Å². The lowest BCUT2D eigenvalue weighted by atomic mass is 10.1. The van der Waals surface area contributed by atoms with E-state index in [0.29, 0.717) is 17.1 Å². The van der Waals surface area contributed by atoms with E-state index in [4.69, 9.17) is 14.7 Å². The summed E-state index contributed by atoms with van der Waals surface area (Å²) in [6.45, 7) is 3.91. The Morgan fingerprint density at radius 3 is 2.70 bits per heavy atom. The Bertz CT molecular complexity index is 747. The molecular formula is C18H17NO4. The van der Waals surface area contributed by atoms with Crippen LogP contribution in [0, 0.1) is 11.3 Å². The van der Waals surface area contributed by atoms with Gasteiger partial charge in [-0.3, -0.25) is 0 Å². The molecule has 0 spiro atoms. The van der Waals surface area contributed by atoms with Gasteiger partial charge in [0.05, 0.1) is 17.7 Å². The Hall–Kier alpha value is -3.00. The summed E-state index contributed by atoms with van der Waals surface area (Å²) in [6.07, 6.45) is -0.117. The van der Waals surface area contributed by atoms with Gasteiger partial charge in [0.2, 0.25) is 0 Å². The molecule has 1 N–H and O–H groups in total. The zero-order valence-electron chi connectivity index (χ0n) is 12.9. The summed E-state index contributed by atoms with van der Waals surface area (Å²) in [5, 5.41) is 18.2. The molecule has 5 heteroatoms. The third kappa shape index (κ3) is 4.48. The monoisotopic (exact) mass is 311 g/mol. The Kier molecular flexibility index (Phi) is 5.21. The van der Waals surface area contributed by atoms with Gasteiger partial charge in [0, 0.05) is 0 Å². The molecule has 0 aliphatic rings. The molecule has 2 aromatic rings. The van der Waals surface area contributed by atoms with Crippen LogP contribution in [0.4, 0.5) is 0 Å². The second kappa shape index (κ2) is 7.32. The lowest BCUT2D eigenvalue weighted by Crippen LogP contribution is -2.10. The van der Waals surface area contributed by atoms with Gasteiger partial charge in [-0.15, -0.1) is 0 Å². The molecule has 0 heterocycles. The van der Waals surface area contributed by atoms with Crippen LogP contribution < -0.4 is 9.47 Å². The SMILES string of the molecule is CC(C)Oc1ccc(OCc2cccc(C#N)c2)cc1C(=O)O. The van der Waals surface area contributed by atoms with E-state index in [1.54, 1.807) is 30.3 Å². The normalized spacial score (nSPS) is 10.2. The Morgan fingerprint density at radius 1 is 1.26 bits per heavy atom. The zero-order valence-corrected chi connectivity index (χ0v) is 12.9. The Morgan fingerprint density at radius 2 is 2.04 bits per heavy atom. The molecule has 0 radical (unpaired) electrons. The van der Waals surface area contributed by atoms with Crippen LogP contribution in [0.15, 0.2) is 42.5 Å². The van der Waals surface area contributed by atoms with Crippen LogP contribution >= 0.6 is 0 Å². The van der Waals surface area contributed by atoms with E-state index >= 15 is 0 Å². The average Bonchev–Trinajstić information content (AvgIpc) is 2.53. The first-order valence-corrected chi connectivity index (χ1v) is 7.15. The van der Waals surface area contributed by atoms with Crippen LogP contribution in [0.5, 0.6) is 11.5 Å². The molecule has 0 amide bonds. The van der Waals surface area contributed by atoms with Gasteiger partial charge >= 0.3 is 5.97 Å². The first kappa shape index (κ1) is 16.4. The molecule has 0 aliphatic heterocycles. The third-order valence-corrected chi connectivity index (χ3v) is 3.01. The van der Waals surface area contributed by atoms with Crippen molar-refractivity contribution in [1.82, 2.24) is 0 Å². The summed E-state index contributed by atoms with van der Waals surface area (Å²) in [4.78, 5) is 11.3. The molecule has 2 aromatic carbocycles. The molecule has 0 atom stereocenters. The van der Waals surface area contributed by atoms with Gasteiger partial charge in [-0.25, -0.2) is 4.79 Å². The van der Waals surface area contributed by atoms with Crippen molar-refractivity contribution in [2.45, 2.75) is 26.6 Å². The van der Waals surface area contributed by atoms with Crippen molar-refractivity contribution >= 4 is 5.97 Å². The van der Waals surface area contributed by atoms with Gasteiger partial charge in [-0.1, -0.05) is 12.1 Å². The summed E-state index contributed by atoms with van der Waals surface area (Å²) in [7, 11) is 0. The van der Waals surface area contributed by atoms with E-state index in [-0.39, 0.29) is 18.3 Å². The first-order chi connectivity index (χ1) is 11.0. The second-order valence-corrected chi connectivity index (χ2v) is 5.23. The predicted octanol–water partition coefficient (Wildman–Crippen LogP) is 3.62. The topological polar surface area (TPSA) is 79.5 Å². The zero-order chi connectivity index (χ0) is 16.8. The smallest absolute Gasteiger partial charge is 0.339 e. The fourth-order valence-corrected chi connectivity index (χ4v) is 2.02. The number of aromatic carboxylic acids is 1. The average molecular weight is 311 g/mol. The highest BCUT2D eigenvalue weighted by molar-refractivity contribution is 5.91. The van der Waals surface area contributed by atoms with Crippen molar-refractivity contribution in [3.63, 3.8) is 0 Å². The minimum absolute atomic E-state index is 0.0574. The molecule has 0 bridgehead atoms. The van der Waals surface area contributed by atoms with E-state index in [9.17, 15) is 9.90 Å². The summed E-state index contributed by atoms with van der Waals surface area (Å²) < 4.78 is 11.1. The van der Waals surface area contributed by atoms with Crippen LogP contribution in [-0.2, 0) is 6.61 Å². The molecule has 0 saturated heterocycles. The number of rotatable bonds is 6. The summed E-state index contributed by atoms with van der Waals surface area (Å²) in [5.74, 6) is -0.329. The maximum absolute atomic E-state index is 11.3. The highest BCUT2D eigenvalue weighted by atomic mass is 16.5. The largest absolute Gasteiger partial charge is 0.490 e. The molecule has 0 fully saturated rings. The van der Waals surface area contributed by atoms with Crippen LogP contribution in [0.1, 0.15) is 35.3 Å². The number of nitriles is 1. The van der Waals surface area contributed by atoms with Gasteiger partial charge in [-0.05, 0) is 49.7 Å². The van der Waals surface area contributed by atoms with Crippen LogP contribution in [-0.4, -0.2) is 17.2 Å². The van der Waals surface area contributed by atoms with Gasteiger partial charge in [0.25, 0.3) is 0 Å². The first-order valence-electron chi connectivity index (χ1n) is 7.15. The second-order valence-electron chi connectivity index (χ2n) is 5.23. The lowest BCUT2D eigenvalue weighted by molar-refractivity contribution is 0.0690. The number of benzene rings is 2. The van der Waals surface area contributed by atoms with E-state index in [1.807, 2.05) is 19.9 Å². The summed E-state index contributed by atoms with van der Waals surface area (Å²) in [5.41, 5.74) is 1.45. The van der Waals surface area contributed by atoms with E-state index in [1.165, 1.54) is 6.07 Å². The lowest BCUT2D eigenvalue weighted by Gasteiger charge is -2.14. The Balaban J connectivity index is 2.15. The number of ether oxygens (including phenoxy) is 2. The van der Waals surface area contributed by atoms with Crippen molar-refractivity contribution in [3.8, 4) is 17.6 Å². The molecule has 0 aromatic heterocycles. The molecule has 0 unspecified atom stereocenters. The number of carbonyl (C=O) groups is 1. The highest BCUT2D eigenvalue weighted by Crippen LogP contribution is 2.26. The molecule has 0 aliphatic carbocycles. The van der Waals surface area contributed by atoms with Crippen molar-refractivity contribution in [1.29, 1.82) is 5.26 Å². The van der Waals surface area contributed by atoms with E-state index in [0.717, 1.165) is 5.56 Å². The molecule has 118 valence electrons. The fourth-order valence-electron chi connectivity index (χ4n) is 2.02. The number of carboxylic acid groups (broad SMARTS) is 1. The van der Waals surface area contributed by atoms with E-state index in [2.05, 4.69) is 6.07 Å². The Labute approximate surface area is 134 Å². The van der Waals surface area contributed by atoms with Crippen molar-refractivity contribution < 1.29 is 19.4 Å². The van der Waals surface area contributed by atoms with Gasteiger partial charge in [-0.2, -0.15) is 5.26 Å². The van der Waals surface area contributed by atoms with E-state index < -0.39 is 5.97 Å². The van der Waals surface area contributed by atoms with Crippen LogP contribution in [0.2, 0.25) is 0 Å². The summed E-state index contributed by atoms with van der Waals surface area (Å²) in [6, 6.07) is 13.8. The maximum Gasteiger partial charge on any atom is 0.339 e. The fraction of sp³-hybridized carbons (Fsp3) is 0.222. The number of hydrogen-bond acceptors (Lipinski definition) is 4. The van der Waals surface area contributed by atoms with Crippen molar-refractivity contribution in [2.24, 2.45) is 0 Å². The molecule has 0 saturated carbocycles. The van der Waals surface area contributed by atoms with Crippen LogP contribution in [0.25, 0.3) is 0 Å². The maximum atomic E-state index is 11.3. The minimum atomic E-state index is -1.07. The molecule has 5 nitrogen and oxygen atoms in total. The molecular weight excluding hydrogens is 294 g/mol. The van der Waals surface area contributed by atoms with Gasteiger partial charge in [0.15, 0.2) is 0 Å². The molecule has 2 rings (SSSR count). The predicted molar refractivity (Wildman–Crippen MR) is 84.7 cm³/mol. The molecule has 23 heavy (non-hydrogen) atoms. The number of carboxylic acids is 1. The van der Waals surface area contributed by atoms with Crippen LogP contribution in [0.3, 0.4) is 0 Å². The highest BCUT2D eigenvalue weighted by Gasteiger charge is 2.14. The number of nitrogens with zero attached hydrogens (tertiary/aromatic N) is 1. The van der Waals surface area contributed by atoms with Crippen molar-refractivity contribution in [3.05, 3.63) is 59.2 Å². The van der Waals surface area contributed by atoms with Gasteiger partial charge < -0.3 is 14.6 Å². The standard InChI is InChI=1S/C18H17NO4/c1-12(2)23-17-7-6-15(9-16(17)18(20)21)22-11-14-5-3-4-13(8-14)10-19/h3-9,12H,11H2,1-2H3,(H,20,21). The van der Waals surface area contributed by atoms with Crippen molar-refractivity contribution in [2.75, 3.05) is 0 Å². The minimum Gasteiger partial charge on any atom is -0.490 e. The quantitative estimate of drug-likeness (QED) is 0.881. The summed E-state index contributed by atoms with van der Waals surface area (Å²) >= 11 is 0.